The summed E-state index contributed by atoms with van der Waals surface area (Å²) in [5, 5.41) is 6.99. The maximum Gasteiger partial charge on any atom is 0.255 e. The van der Waals surface area contributed by atoms with Crippen LogP contribution in [0.1, 0.15) is 15.9 Å². The third-order valence-electron chi connectivity index (χ3n) is 4.20. The summed E-state index contributed by atoms with van der Waals surface area (Å²) in [6.45, 7) is 2.02. The number of nitrogens with one attached hydrogen (secondary N) is 1. The number of para-hydroxylation sites is 2. The lowest BCUT2D eigenvalue weighted by molar-refractivity contribution is 0.102. The summed E-state index contributed by atoms with van der Waals surface area (Å²) in [6, 6.07) is 22.2. The average molecular weight is 370 g/mol. The van der Waals surface area contributed by atoms with Crippen molar-refractivity contribution in [1.29, 1.82) is 0 Å². The summed E-state index contributed by atoms with van der Waals surface area (Å²) in [5.74, 6) is 1.08. The fraction of sp³-hybridized carbons (Fsp3) is 0.0455. The number of nitrogens with zero attached hydrogens (tertiary/aromatic N) is 3. The minimum absolute atomic E-state index is 0.218. The quantitative estimate of drug-likeness (QED) is 0.556. The van der Waals surface area contributed by atoms with Crippen LogP contribution in [-0.2, 0) is 0 Å². The molecule has 0 atom stereocenters. The first kappa shape index (κ1) is 17.5. The van der Waals surface area contributed by atoms with Crippen LogP contribution in [0.2, 0.25) is 0 Å². The summed E-state index contributed by atoms with van der Waals surface area (Å²) >= 11 is 0. The largest absolute Gasteiger partial charge is 0.455 e. The second kappa shape index (κ2) is 7.75. The van der Waals surface area contributed by atoms with Crippen LogP contribution in [0.5, 0.6) is 11.5 Å². The van der Waals surface area contributed by atoms with Crippen LogP contribution in [0.4, 0.5) is 5.69 Å². The van der Waals surface area contributed by atoms with Gasteiger partial charge in [-0.05, 0) is 55.5 Å². The average Bonchev–Trinajstić information content (AvgIpc) is 3.26. The first-order valence-electron chi connectivity index (χ1n) is 8.79. The minimum atomic E-state index is -0.218. The summed E-state index contributed by atoms with van der Waals surface area (Å²) < 4.78 is 7.57. The van der Waals surface area contributed by atoms with Crippen LogP contribution < -0.4 is 10.1 Å². The number of hydrogen-bond acceptors (Lipinski definition) is 4. The van der Waals surface area contributed by atoms with Gasteiger partial charge < -0.3 is 10.1 Å². The van der Waals surface area contributed by atoms with Crippen molar-refractivity contribution in [2.24, 2.45) is 0 Å². The highest BCUT2D eigenvalue weighted by molar-refractivity contribution is 6.05. The van der Waals surface area contributed by atoms with E-state index in [1.807, 2.05) is 67.6 Å². The van der Waals surface area contributed by atoms with Crippen molar-refractivity contribution in [1.82, 2.24) is 14.8 Å². The smallest absolute Gasteiger partial charge is 0.255 e. The van der Waals surface area contributed by atoms with Gasteiger partial charge in [-0.2, -0.15) is 5.10 Å². The SMILES string of the molecule is Cc1ccc(Oc2ccccc2NC(=O)c2ccc(-n3cncn3)cc2)cc1. The van der Waals surface area contributed by atoms with Crippen LogP contribution in [0.3, 0.4) is 0 Å². The van der Waals surface area contributed by atoms with Gasteiger partial charge in [0, 0.05) is 5.56 Å². The number of amides is 1. The lowest BCUT2D eigenvalue weighted by Gasteiger charge is -2.12. The Morgan fingerprint density at radius 3 is 2.43 bits per heavy atom. The zero-order valence-corrected chi connectivity index (χ0v) is 15.2. The van der Waals surface area contributed by atoms with Crippen molar-refractivity contribution in [2.75, 3.05) is 5.32 Å². The molecule has 138 valence electrons. The van der Waals surface area contributed by atoms with Gasteiger partial charge in [-0.3, -0.25) is 4.79 Å². The molecule has 0 saturated heterocycles. The molecule has 6 heteroatoms. The monoisotopic (exact) mass is 370 g/mol. The standard InChI is InChI=1S/C22H18N4O2/c1-16-6-12-19(13-7-16)28-21-5-3-2-4-20(21)25-22(27)17-8-10-18(11-9-17)26-15-23-14-24-26/h2-15H,1H3,(H,25,27). The zero-order chi connectivity index (χ0) is 19.3. The van der Waals surface area contributed by atoms with Crippen LogP contribution in [0, 0.1) is 6.92 Å². The second-order valence-corrected chi connectivity index (χ2v) is 6.25. The molecule has 0 unspecified atom stereocenters. The zero-order valence-electron chi connectivity index (χ0n) is 15.2. The van der Waals surface area contributed by atoms with Gasteiger partial charge >= 0.3 is 0 Å². The van der Waals surface area contributed by atoms with Crippen LogP contribution in [-0.4, -0.2) is 20.7 Å². The van der Waals surface area contributed by atoms with E-state index in [9.17, 15) is 4.79 Å². The van der Waals surface area contributed by atoms with Gasteiger partial charge in [0.05, 0.1) is 11.4 Å². The molecule has 1 heterocycles. The van der Waals surface area contributed by atoms with Gasteiger partial charge in [0.2, 0.25) is 0 Å². The fourth-order valence-electron chi connectivity index (χ4n) is 2.69. The Labute approximate surface area is 162 Å². The van der Waals surface area contributed by atoms with Crippen LogP contribution >= 0.6 is 0 Å². The highest BCUT2D eigenvalue weighted by atomic mass is 16.5. The van der Waals surface area contributed by atoms with E-state index in [-0.39, 0.29) is 5.91 Å². The Balaban J connectivity index is 1.51. The van der Waals surface area contributed by atoms with Crippen molar-refractivity contribution in [2.45, 2.75) is 6.92 Å². The molecule has 3 aromatic carbocycles. The van der Waals surface area contributed by atoms with Crippen LogP contribution in [0.15, 0.2) is 85.5 Å². The number of hydrogen-bond donors (Lipinski definition) is 1. The molecule has 6 nitrogen and oxygen atoms in total. The van der Waals surface area contributed by atoms with Gasteiger partial charge in [-0.15, -0.1) is 0 Å². The van der Waals surface area contributed by atoms with E-state index >= 15 is 0 Å². The molecule has 0 saturated carbocycles. The molecule has 4 rings (SSSR count). The molecule has 0 bridgehead atoms. The van der Waals surface area contributed by atoms with Gasteiger partial charge in [0.1, 0.15) is 18.4 Å². The molecule has 0 radical (unpaired) electrons. The Kier molecular flexibility index (Phi) is 4.84. The van der Waals surface area contributed by atoms with Crippen molar-refractivity contribution in [3.8, 4) is 17.2 Å². The minimum Gasteiger partial charge on any atom is -0.455 e. The number of aromatic nitrogens is 3. The maximum absolute atomic E-state index is 12.7. The number of carbonyl (C=O) groups is 1. The molecule has 0 spiro atoms. The number of ether oxygens (including phenoxy) is 1. The van der Waals surface area contributed by atoms with Gasteiger partial charge in [-0.1, -0.05) is 29.8 Å². The highest BCUT2D eigenvalue weighted by Gasteiger charge is 2.11. The predicted octanol–water partition coefficient (Wildman–Crippen LogP) is 4.62. The van der Waals surface area contributed by atoms with E-state index < -0.39 is 0 Å². The molecule has 0 fully saturated rings. The first-order valence-corrected chi connectivity index (χ1v) is 8.79. The van der Waals surface area contributed by atoms with Crippen molar-refractivity contribution in [3.63, 3.8) is 0 Å². The fourth-order valence-corrected chi connectivity index (χ4v) is 2.69. The number of carbonyl (C=O) groups excluding carboxylic acids is 1. The lowest BCUT2D eigenvalue weighted by atomic mass is 10.2. The summed E-state index contributed by atoms with van der Waals surface area (Å²) in [5.41, 5.74) is 3.13. The molecule has 28 heavy (non-hydrogen) atoms. The Bertz CT molecular complexity index is 1070. The second-order valence-electron chi connectivity index (χ2n) is 6.25. The van der Waals surface area contributed by atoms with Crippen molar-refractivity contribution >= 4 is 11.6 Å². The predicted molar refractivity (Wildman–Crippen MR) is 107 cm³/mol. The van der Waals surface area contributed by atoms with Crippen molar-refractivity contribution < 1.29 is 9.53 Å². The maximum atomic E-state index is 12.7. The number of anilines is 1. The van der Waals surface area contributed by atoms with E-state index in [4.69, 9.17) is 4.74 Å². The van der Waals surface area contributed by atoms with E-state index in [2.05, 4.69) is 15.4 Å². The van der Waals surface area contributed by atoms with Crippen LogP contribution in [0.25, 0.3) is 5.69 Å². The van der Waals surface area contributed by atoms with Gasteiger partial charge in [-0.25, -0.2) is 9.67 Å². The Hall–Kier alpha value is -3.93. The van der Waals surface area contributed by atoms with E-state index in [0.29, 0.717) is 22.7 Å². The Morgan fingerprint density at radius 2 is 1.71 bits per heavy atom. The molecule has 1 amide bonds. The molecule has 1 aromatic heterocycles. The summed E-state index contributed by atoms with van der Waals surface area (Å²) in [4.78, 5) is 16.6. The molecule has 4 aromatic rings. The Morgan fingerprint density at radius 1 is 0.964 bits per heavy atom. The van der Waals surface area contributed by atoms with E-state index in [1.165, 1.54) is 6.33 Å². The van der Waals surface area contributed by atoms with Gasteiger partial charge in [0.25, 0.3) is 5.91 Å². The highest BCUT2D eigenvalue weighted by Crippen LogP contribution is 2.29. The molecular weight excluding hydrogens is 352 g/mol. The van der Waals surface area contributed by atoms with E-state index in [1.54, 1.807) is 23.1 Å². The molecule has 0 aliphatic carbocycles. The normalized spacial score (nSPS) is 10.5. The lowest BCUT2D eigenvalue weighted by Crippen LogP contribution is -2.12. The topological polar surface area (TPSA) is 69.0 Å². The third-order valence-corrected chi connectivity index (χ3v) is 4.20. The molecule has 1 N–H and O–H groups in total. The number of aryl methyl sites for hydroxylation is 1. The van der Waals surface area contributed by atoms with Crippen molar-refractivity contribution in [3.05, 3.63) is 96.6 Å². The first-order chi connectivity index (χ1) is 13.7. The number of benzene rings is 3. The number of rotatable bonds is 5. The third kappa shape index (κ3) is 3.91. The summed E-state index contributed by atoms with van der Waals surface area (Å²) in [7, 11) is 0. The molecule has 0 aliphatic heterocycles. The molecule has 0 aliphatic rings. The van der Waals surface area contributed by atoms with E-state index in [0.717, 1.165) is 11.3 Å². The van der Waals surface area contributed by atoms with Gasteiger partial charge in [0.15, 0.2) is 5.75 Å². The molecular formula is C22H18N4O2. The summed E-state index contributed by atoms with van der Waals surface area (Å²) in [6.07, 6.45) is 3.07.